The fourth-order valence-corrected chi connectivity index (χ4v) is 1.97. The number of hydrogen-bond donors (Lipinski definition) is 2. The summed E-state index contributed by atoms with van der Waals surface area (Å²) in [6.07, 6.45) is 5.42. The van der Waals surface area contributed by atoms with E-state index in [1.807, 2.05) is 14.0 Å². The van der Waals surface area contributed by atoms with Crippen LogP contribution in [-0.2, 0) is 0 Å². The van der Waals surface area contributed by atoms with E-state index < -0.39 is 0 Å². The summed E-state index contributed by atoms with van der Waals surface area (Å²) >= 11 is 0. The van der Waals surface area contributed by atoms with Crippen LogP contribution in [0.2, 0.25) is 0 Å². The third-order valence-corrected chi connectivity index (χ3v) is 2.77. The Hall–Kier alpha value is -1.78. The highest BCUT2D eigenvalue weighted by Crippen LogP contribution is 2.17. The number of likely N-dealkylation sites (N-methyl/N-ethyl adjacent to an activating group) is 1. The molecule has 1 aliphatic heterocycles. The predicted octanol–water partition coefficient (Wildman–Crippen LogP) is 0.815. The maximum atomic E-state index is 5.69. The normalized spacial score (nSPS) is 23.4. The van der Waals surface area contributed by atoms with Crippen molar-refractivity contribution in [1.29, 1.82) is 0 Å². The zero-order valence-electron chi connectivity index (χ0n) is 10.6. The SMILES string of the molecule is CC1=CC(CN(C)C2=NC(C)N=C(N)N2)=CC1. The average Bonchev–Trinajstić information content (AvgIpc) is 2.62. The molecule has 5 nitrogen and oxygen atoms in total. The molecule has 5 heteroatoms. The van der Waals surface area contributed by atoms with Gasteiger partial charge in [0.15, 0.2) is 5.96 Å². The first-order valence-corrected chi connectivity index (χ1v) is 5.80. The largest absolute Gasteiger partial charge is 0.370 e. The van der Waals surface area contributed by atoms with E-state index in [0.29, 0.717) is 5.96 Å². The molecule has 0 fully saturated rings. The Morgan fingerprint density at radius 3 is 2.88 bits per heavy atom. The van der Waals surface area contributed by atoms with E-state index >= 15 is 0 Å². The van der Waals surface area contributed by atoms with Gasteiger partial charge in [-0.1, -0.05) is 17.7 Å². The highest BCUT2D eigenvalue weighted by Gasteiger charge is 2.15. The van der Waals surface area contributed by atoms with Crippen molar-refractivity contribution in [3.05, 3.63) is 23.3 Å². The second-order valence-electron chi connectivity index (χ2n) is 4.55. The van der Waals surface area contributed by atoms with Crippen molar-refractivity contribution >= 4 is 11.9 Å². The van der Waals surface area contributed by atoms with E-state index in [-0.39, 0.29) is 6.17 Å². The topological polar surface area (TPSA) is 66.0 Å². The predicted molar refractivity (Wildman–Crippen MR) is 70.7 cm³/mol. The first-order chi connectivity index (χ1) is 8.04. The van der Waals surface area contributed by atoms with Crippen LogP contribution in [0.15, 0.2) is 33.3 Å². The third-order valence-electron chi connectivity index (χ3n) is 2.77. The summed E-state index contributed by atoms with van der Waals surface area (Å²) in [6.45, 7) is 4.90. The van der Waals surface area contributed by atoms with Gasteiger partial charge < -0.3 is 10.6 Å². The van der Waals surface area contributed by atoms with Crippen LogP contribution in [0.1, 0.15) is 20.3 Å². The molecule has 0 aromatic rings. The lowest BCUT2D eigenvalue weighted by atomic mass is 10.2. The molecule has 2 aliphatic rings. The van der Waals surface area contributed by atoms with Gasteiger partial charge in [0.1, 0.15) is 6.17 Å². The van der Waals surface area contributed by atoms with E-state index in [1.165, 1.54) is 11.1 Å². The molecule has 0 aromatic heterocycles. The van der Waals surface area contributed by atoms with Crippen LogP contribution in [0.4, 0.5) is 0 Å². The van der Waals surface area contributed by atoms with Crippen LogP contribution in [0, 0.1) is 0 Å². The number of rotatable bonds is 2. The molecule has 0 saturated heterocycles. The number of guanidine groups is 2. The zero-order valence-corrected chi connectivity index (χ0v) is 10.6. The molecular weight excluding hydrogens is 214 g/mol. The first kappa shape index (κ1) is 11.7. The van der Waals surface area contributed by atoms with Crippen molar-refractivity contribution in [2.75, 3.05) is 13.6 Å². The van der Waals surface area contributed by atoms with Crippen molar-refractivity contribution < 1.29 is 0 Å². The van der Waals surface area contributed by atoms with Gasteiger partial charge in [0.25, 0.3) is 0 Å². The van der Waals surface area contributed by atoms with Gasteiger partial charge in [0.05, 0.1) is 0 Å². The number of aliphatic imine (C=N–C) groups is 2. The molecule has 92 valence electrons. The Kier molecular flexibility index (Phi) is 3.17. The lowest BCUT2D eigenvalue weighted by molar-refractivity contribution is 0.526. The fraction of sp³-hybridized carbons (Fsp3) is 0.500. The molecule has 1 unspecified atom stereocenters. The highest BCUT2D eigenvalue weighted by molar-refractivity contribution is 5.99. The number of allylic oxidation sites excluding steroid dienone is 2. The maximum Gasteiger partial charge on any atom is 0.202 e. The van der Waals surface area contributed by atoms with Crippen molar-refractivity contribution in [3.8, 4) is 0 Å². The second-order valence-corrected chi connectivity index (χ2v) is 4.55. The Balaban J connectivity index is 1.99. The summed E-state index contributed by atoms with van der Waals surface area (Å²) in [4.78, 5) is 10.6. The van der Waals surface area contributed by atoms with E-state index in [1.54, 1.807) is 0 Å². The van der Waals surface area contributed by atoms with Gasteiger partial charge in [-0.05, 0) is 25.8 Å². The minimum Gasteiger partial charge on any atom is -0.370 e. The Bertz CT molecular complexity index is 430. The van der Waals surface area contributed by atoms with Crippen LogP contribution in [0.25, 0.3) is 0 Å². The molecule has 1 heterocycles. The van der Waals surface area contributed by atoms with Crippen LogP contribution in [0.3, 0.4) is 0 Å². The summed E-state index contributed by atoms with van der Waals surface area (Å²) in [5, 5.41) is 2.99. The zero-order chi connectivity index (χ0) is 12.4. The van der Waals surface area contributed by atoms with Crippen molar-refractivity contribution in [3.63, 3.8) is 0 Å². The fourth-order valence-electron chi connectivity index (χ4n) is 1.97. The first-order valence-electron chi connectivity index (χ1n) is 5.80. The molecule has 1 aliphatic carbocycles. The van der Waals surface area contributed by atoms with Crippen LogP contribution < -0.4 is 11.1 Å². The van der Waals surface area contributed by atoms with Crippen LogP contribution in [-0.4, -0.2) is 36.6 Å². The van der Waals surface area contributed by atoms with Gasteiger partial charge in [-0.2, -0.15) is 0 Å². The van der Waals surface area contributed by atoms with Crippen molar-refractivity contribution in [2.24, 2.45) is 15.7 Å². The van der Waals surface area contributed by atoms with Gasteiger partial charge in [-0.25, -0.2) is 9.98 Å². The minimum atomic E-state index is -0.108. The standard InChI is InChI=1S/C12H19N5/c1-8-4-5-10(6-8)7-17(3)12-15-9(2)14-11(13)16-12/h5-6,9H,4,7H2,1-3H3,(H3,13,14,15,16). The monoisotopic (exact) mass is 233 g/mol. The summed E-state index contributed by atoms with van der Waals surface area (Å²) in [5.41, 5.74) is 8.41. The lowest BCUT2D eigenvalue weighted by Crippen LogP contribution is -2.49. The quantitative estimate of drug-likeness (QED) is 0.742. The van der Waals surface area contributed by atoms with E-state index in [0.717, 1.165) is 18.9 Å². The number of nitrogens with zero attached hydrogens (tertiary/aromatic N) is 3. The molecule has 17 heavy (non-hydrogen) atoms. The van der Waals surface area contributed by atoms with E-state index in [2.05, 4.69) is 39.3 Å². The smallest absolute Gasteiger partial charge is 0.202 e. The minimum absolute atomic E-state index is 0.108. The van der Waals surface area contributed by atoms with Gasteiger partial charge >= 0.3 is 0 Å². The summed E-state index contributed by atoms with van der Waals surface area (Å²) in [5.74, 6) is 1.21. The number of hydrogen-bond acceptors (Lipinski definition) is 5. The summed E-state index contributed by atoms with van der Waals surface area (Å²) in [6, 6.07) is 0. The molecule has 0 bridgehead atoms. The van der Waals surface area contributed by atoms with Gasteiger partial charge in [0, 0.05) is 13.6 Å². The Morgan fingerprint density at radius 2 is 2.29 bits per heavy atom. The Morgan fingerprint density at radius 1 is 1.53 bits per heavy atom. The maximum absolute atomic E-state index is 5.69. The molecule has 0 aromatic carbocycles. The van der Waals surface area contributed by atoms with Crippen LogP contribution >= 0.6 is 0 Å². The number of nitrogens with two attached hydrogens (primary N) is 1. The van der Waals surface area contributed by atoms with Gasteiger partial charge in [-0.15, -0.1) is 0 Å². The third kappa shape index (κ3) is 2.87. The molecule has 0 amide bonds. The molecule has 3 N–H and O–H groups in total. The lowest BCUT2D eigenvalue weighted by Gasteiger charge is -2.25. The van der Waals surface area contributed by atoms with Gasteiger partial charge in [-0.3, -0.25) is 5.32 Å². The van der Waals surface area contributed by atoms with E-state index in [9.17, 15) is 0 Å². The van der Waals surface area contributed by atoms with Crippen LogP contribution in [0.5, 0.6) is 0 Å². The molecular formula is C12H19N5. The second kappa shape index (κ2) is 4.61. The molecule has 1 atom stereocenters. The molecule has 2 rings (SSSR count). The van der Waals surface area contributed by atoms with Crippen molar-refractivity contribution in [2.45, 2.75) is 26.4 Å². The summed E-state index contributed by atoms with van der Waals surface area (Å²) in [7, 11) is 2.00. The average molecular weight is 233 g/mol. The highest BCUT2D eigenvalue weighted by atomic mass is 15.4. The summed E-state index contributed by atoms with van der Waals surface area (Å²) < 4.78 is 0. The van der Waals surface area contributed by atoms with Gasteiger partial charge in [0.2, 0.25) is 5.96 Å². The molecule has 0 spiro atoms. The molecule has 0 radical (unpaired) electrons. The molecule has 0 saturated carbocycles. The van der Waals surface area contributed by atoms with E-state index in [4.69, 9.17) is 5.73 Å². The van der Waals surface area contributed by atoms with Crippen molar-refractivity contribution in [1.82, 2.24) is 10.2 Å². The Labute approximate surface area is 102 Å². The number of nitrogens with one attached hydrogen (secondary N) is 1.